The molecular weight excluding hydrogens is 344 g/mol. The van der Waals surface area contributed by atoms with Gasteiger partial charge in [-0.25, -0.2) is 0 Å². The fourth-order valence-electron chi connectivity index (χ4n) is 4.36. The molecule has 6 nitrogen and oxygen atoms in total. The number of furan rings is 1. The molecule has 0 unspecified atom stereocenters. The van der Waals surface area contributed by atoms with E-state index < -0.39 is 0 Å². The molecule has 0 aromatic carbocycles. The first-order valence-electron chi connectivity index (χ1n) is 9.68. The van der Waals surface area contributed by atoms with Crippen LogP contribution in [0.3, 0.4) is 0 Å². The summed E-state index contributed by atoms with van der Waals surface area (Å²) < 4.78 is 17.3. The maximum Gasteiger partial charge on any atom is 0.257 e. The Labute approximate surface area is 159 Å². The average Bonchev–Trinajstić information content (AvgIpc) is 3.29. The molecule has 0 N–H and O–H groups in total. The lowest BCUT2D eigenvalue weighted by Crippen LogP contribution is -2.49. The molecule has 2 aliphatic rings. The highest BCUT2D eigenvalue weighted by molar-refractivity contribution is 5.95. The highest BCUT2D eigenvalue weighted by atomic mass is 16.5. The van der Waals surface area contributed by atoms with Crippen molar-refractivity contribution >= 4 is 5.91 Å². The molecule has 6 heteroatoms. The topological polar surface area (TPSA) is 64.8 Å². The minimum absolute atomic E-state index is 0.0607. The zero-order chi connectivity index (χ0) is 18.7. The molecule has 1 spiro atoms. The van der Waals surface area contributed by atoms with Gasteiger partial charge < -0.3 is 18.8 Å². The van der Waals surface area contributed by atoms with Gasteiger partial charge in [-0.2, -0.15) is 0 Å². The van der Waals surface area contributed by atoms with Crippen LogP contribution in [-0.4, -0.2) is 47.7 Å². The van der Waals surface area contributed by atoms with Crippen LogP contribution >= 0.6 is 0 Å². The SMILES string of the molecule is Cc1occc1C(=O)N1CCC2(CC1)OCC[C@H]2CCOc1cccnc1. The Bertz CT molecular complexity index is 765. The van der Waals surface area contributed by atoms with E-state index in [9.17, 15) is 4.79 Å². The first-order valence-corrected chi connectivity index (χ1v) is 9.68. The van der Waals surface area contributed by atoms with Crippen LogP contribution in [0.2, 0.25) is 0 Å². The Morgan fingerprint density at radius 3 is 2.93 bits per heavy atom. The van der Waals surface area contributed by atoms with Crippen molar-refractivity contribution in [3.8, 4) is 5.75 Å². The Balaban J connectivity index is 1.32. The van der Waals surface area contributed by atoms with Crippen LogP contribution in [0.25, 0.3) is 0 Å². The minimum atomic E-state index is -0.111. The lowest BCUT2D eigenvalue weighted by molar-refractivity contribution is -0.0648. The number of carbonyl (C=O) groups is 1. The van der Waals surface area contributed by atoms with Gasteiger partial charge in [0.2, 0.25) is 0 Å². The van der Waals surface area contributed by atoms with E-state index >= 15 is 0 Å². The number of aromatic nitrogens is 1. The third-order valence-electron chi connectivity index (χ3n) is 5.96. The number of rotatable bonds is 5. The first kappa shape index (κ1) is 18.0. The van der Waals surface area contributed by atoms with Crippen molar-refractivity contribution in [1.82, 2.24) is 9.88 Å². The van der Waals surface area contributed by atoms with E-state index in [0.29, 0.717) is 23.8 Å². The highest BCUT2D eigenvalue weighted by Crippen LogP contribution is 2.42. The summed E-state index contributed by atoms with van der Waals surface area (Å²) in [6.45, 7) is 4.74. The molecule has 4 heterocycles. The van der Waals surface area contributed by atoms with Gasteiger partial charge in [0.1, 0.15) is 11.5 Å². The van der Waals surface area contributed by atoms with Crippen LogP contribution in [0.4, 0.5) is 0 Å². The van der Waals surface area contributed by atoms with Gasteiger partial charge in [0.15, 0.2) is 0 Å². The number of aryl methyl sites for hydroxylation is 1. The number of hydrogen-bond acceptors (Lipinski definition) is 5. The van der Waals surface area contributed by atoms with Crippen molar-refractivity contribution in [1.29, 1.82) is 0 Å². The summed E-state index contributed by atoms with van der Waals surface area (Å²) in [5.74, 6) is 2.02. The van der Waals surface area contributed by atoms with E-state index in [4.69, 9.17) is 13.9 Å². The number of likely N-dealkylation sites (tertiary alicyclic amines) is 1. The molecule has 2 aromatic heterocycles. The van der Waals surface area contributed by atoms with Gasteiger partial charge in [0, 0.05) is 25.9 Å². The second-order valence-corrected chi connectivity index (χ2v) is 7.41. The smallest absolute Gasteiger partial charge is 0.257 e. The number of pyridine rings is 1. The Morgan fingerprint density at radius 1 is 1.37 bits per heavy atom. The number of ether oxygens (including phenoxy) is 2. The average molecular weight is 370 g/mol. The summed E-state index contributed by atoms with van der Waals surface area (Å²) in [5, 5.41) is 0. The minimum Gasteiger partial charge on any atom is -0.492 e. The van der Waals surface area contributed by atoms with Crippen molar-refractivity contribution in [3.05, 3.63) is 48.2 Å². The lowest BCUT2D eigenvalue weighted by atomic mass is 9.78. The van der Waals surface area contributed by atoms with E-state index in [1.54, 1.807) is 24.7 Å². The number of nitrogens with zero attached hydrogens (tertiary/aromatic N) is 2. The van der Waals surface area contributed by atoms with Crippen LogP contribution in [-0.2, 0) is 4.74 Å². The predicted molar refractivity (Wildman–Crippen MR) is 99.7 cm³/mol. The van der Waals surface area contributed by atoms with E-state index in [1.165, 1.54) is 0 Å². The zero-order valence-corrected chi connectivity index (χ0v) is 15.7. The maximum absolute atomic E-state index is 12.7. The number of hydrogen-bond donors (Lipinski definition) is 0. The molecule has 1 amide bonds. The number of carbonyl (C=O) groups excluding carboxylic acids is 1. The summed E-state index contributed by atoms with van der Waals surface area (Å²) in [7, 11) is 0. The van der Waals surface area contributed by atoms with E-state index in [0.717, 1.165) is 51.1 Å². The van der Waals surface area contributed by atoms with E-state index in [2.05, 4.69) is 4.98 Å². The maximum atomic E-state index is 12.7. The molecule has 2 aromatic rings. The number of piperidine rings is 1. The fraction of sp³-hybridized carbons (Fsp3) is 0.524. The molecule has 2 fully saturated rings. The van der Waals surface area contributed by atoms with Crippen molar-refractivity contribution < 1.29 is 18.7 Å². The zero-order valence-electron chi connectivity index (χ0n) is 15.7. The molecule has 1 atom stereocenters. The molecule has 4 rings (SSSR count). The molecule has 2 saturated heterocycles. The van der Waals surface area contributed by atoms with Crippen LogP contribution in [0.1, 0.15) is 41.8 Å². The Morgan fingerprint density at radius 2 is 2.22 bits per heavy atom. The number of amides is 1. The lowest BCUT2D eigenvalue weighted by Gasteiger charge is -2.42. The van der Waals surface area contributed by atoms with Gasteiger partial charge in [0.25, 0.3) is 5.91 Å². The Hall–Kier alpha value is -2.34. The monoisotopic (exact) mass is 370 g/mol. The second kappa shape index (κ2) is 7.72. The van der Waals surface area contributed by atoms with Crippen molar-refractivity contribution in [2.24, 2.45) is 5.92 Å². The standard InChI is InChI=1S/C21H26N2O4/c1-16-19(6-13-25-16)20(24)23-10-7-21(8-11-23)17(5-14-27-21)4-12-26-18-3-2-9-22-15-18/h2-3,6,9,13,15,17H,4-5,7-8,10-12,14H2,1H3/t17-/m1/s1. The summed E-state index contributed by atoms with van der Waals surface area (Å²) in [4.78, 5) is 18.7. The van der Waals surface area contributed by atoms with Gasteiger partial charge in [-0.3, -0.25) is 9.78 Å². The van der Waals surface area contributed by atoms with Gasteiger partial charge in [-0.15, -0.1) is 0 Å². The van der Waals surface area contributed by atoms with E-state index in [1.807, 2.05) is 24.0 Å². The molecule has 0 saturated carbocycles. The van der Waals surface area contributed by atoms with Gasteiger partial charge >= 0.3 is 0 Å². The molecular formula is C21H26N2O4. The van der Waals surface area contributed by atoms with Gasteiger partial charge in [-0.1, -0.05) is 0 Å². The quantitative estimate of drug-likeness (QED) is 0.806. The highest BCUT2D eigenvalue weighted by Gasteiger charge is 2.46. The van der Waals surface area contributed by atoms with Crippen LogP contribution in [0, 0.1) is 12.8 Å². The third-order valence-corrected chi connectivity index (χ3v) is 5.96. The molecule has 144 valence electrons. The molecule has 0 bridgehead atoms. The first-order chi connectivity index (χ1) is 13.2. The van der Waals surface area contributed by atoms with E-state index in [-0.39, 0.29) is 11.5 Å². The normalized spacial score (nSPS) is 21.5. The molecule has 27 heavy (non-hydrogen) atoms. The van der Waals surface area contributed by atoms with Crippen LogP contribution in [0.5, 0.6) is 5.75 Å². The van der Waals surface area contributed by atoms with Crippen molar-refractivity contribution in [2.75, 3.05) is 26.3 Å². The predicted octanol–water partition coefficient (Wildman–Crippen LogP) is 3.46. The fourth-order valence-corrected chi connectivity index (χ4v) is 4.36. The van der Waals surface area contributed by atoms with Crippen LogP contribution in [0.15, 0.2) is 41.3 Å². The van der Waals surface area contributed by atoms with Crippen molar-refractivity contribution in [3.63, 3.8) is 0 Å². The summed E-state index contributed by atoms with van der Waals surface area (Å²) in [6.07, 6.45) is 8.84. The van der Waals surface area contributed by atoms with Gasteiger partial charge in [0.05, 0.1) is 30.2 Å². The van der Waals surface area contributed by atoms with Crippen LogP contribution < -0.4 is 4.74 Å². The summed E-state index contributed by atoms with van der Waals surface area (Å²) in [6, 6.07) is 5.56. The largest absolute Gasteiger partial charge is 0.492 e. The summed E-state index contributed by atoms with van der Waals surface area (Å²) >= 11 is 0. The molecule has 2 aliphatic heterocycles. The second-order valence-electron chi connectivity index (χ2n) is 7.41. The van der Waals surface area contributed by atoms with Crippen molar-refractivity contribution in [2.45, 2.75) is 38.2 Å². The Kier molecular flexibility index (Phi) is 5.16. The summed E-state index contributed by atoms with van der Waals surface area (Å²) in [5.41, 5.74) is 0.556. The van der Waals surface area contributed by atoms with Gasteiger partial charge in [-0.05, 0) is 56.7 Å². The molecule has 0 radical (unpaired) electrons. The third kappa shape index (κ3) is 3.72. The molecule has 0 aliphatic carbocycles.